The van der Waals surface area contributed by atoms with Gasteiger partial charge in [0, 0.05) is 24.6 Å². The van der Waals surface area contributed by atoms with Gasteiger partial charge in [0.2, 0.25) is 5.82 Å². The summed E-state index contributed by atoms with van der Waals surface area (Å²) in [6.07, 6.45) is 10.7. The van der Waals surface area contributed by atoms with E-state index in [0.717, 1.165) is 67.8 Å². The van der Waals surface area contributed by atoms with Crippen molar-refractivity contribution in [3.8, 4) is 0 Å². The molecule has 0 aliphatic heterocycles. The fourth-order valence-electron chi connectivity index (χ4n) is 5.89. The molecule has 2 aromatic heterocycles. The number of aromatic nitrogens is 2. The van der Waals surface area contributed by atoms with Gasteiger partial charge in [-0.25, -0.2) is 9.97 Å². The minimum atomic E-state index is -0.381. The van der Waals surface area contributed by atoms with E-state index in [-0.39, 0.29) is 60.0 Å². The zero-order valence-electron chi connectivity index (χ0n) is 23.1. The van der Waals surface area contributed by atoms with E-state index in [9.17, 15) is 4.79 Å². The summed E-state index contributed by atoms with van der Waals surface area (Å²) in [5.74, 6) is 1.33. The van der Waals surface area contributed by atoms with Crippen molar-refractivity contribution in [1.82, 2.24) is 20.6 Å². The van der Waals surface area contributed by atoms with Crippen LogP contribution in [0.25, 0.3) is 10.9 Å². The Morgan fingerprint density at radius 3 is 2.52 bits per heavy atom. The van der Waals surface area contributed by atoms with Gasteiger partial charge in [-0.1, -0.05) is 43.7 Å². The van der Waals surface area contributed by atoms with Crippen LogP contribution < -0.4 is 16.0 Å². The first-order valence-electron chi connectivity index (χ1n) is 13.7. The molecular weight excluding hydrogens is 551 g/mol. The largest absolute Gasteiger partial charge is 0.461 e. The number of fused-ring (bicyclic) bond motifs is 1. The number of benzene rings is 1. The van der Waals surface area contributed by atoms with E-state index >= 15 is 0 Å². The predicted octanol–water partition coefficient (Wildman–Crippen LogP) is 5.79. The molecule has 2 atom stereocenters. The monoisotopic (exact) mass is 590 g/mol. The molecule has 1 amide bonds. The van der Waals surface area contributed by atoms with Gasteiger partial charge in [0.05, 0.1) is 23.9 Å². The maximum atomic E-state index is 13.5. The molecule has 9 nitrogen and oxygen atoms in total. The fraction of sp³-hybridized carbons (Fsp3) is 0.517. The Bertz CT molecular complexity index is 1270. The highest BCUT2D eigenvalue weighted by Crippen LogP contribution is 2.30. The Morgan fingerprint density at radius 2 is 1.82 bits per heavy atom. The molecule has 1 aromatic carbocycles. The van der Waals surface area contributed by atoms with Crippen LogP contribution in [0.3, 0.4) is 0 Å². The van der Waals surface area contributed by atoms with Crippen LogP contribution in [0.2, 0.25) is 0 Å². The fourth-order valence-corrected chi connectivity index (χ4v) is 5.89. The molecule has 0 saturated heterocycles. The Morgan fingerprint density at radius 1 is 1.07 bits per heavy atom. The number of nitrogens with one attached hydrogen (secondary N) is 4. The van der Waals surface area contributed by atoms with Gasteiger partial charge in [-0.15, -0.1) is 24.8 Å². The van der Waals surface area contributed by atoms with Crippen LogP contribution in [0.1, 0.15) is 79.7 Å². The number of ether oxygens (including phenoxy) is 1. The van der Waals surface area contributed by atoms with E-state index < -0.39 is 0 Å². The van der Waals surface area contributed by atoms with Gasteiger partial charge in [0.1, 0.15) is 5.82 Å². The minimum absolute atomic E-state index is 0. The van der Waals surface area contributed by atoms with E-state index in [0.29, 0.717) is 18.2 Å². The summed E-state index contributed by atoms with van der Waals surface area (Å²) in [6.45, 7) is 2.52. The van der Waals surface area contributed by atoms with E-state index in [4.69, 9.17) is 19.5 Å². The molecule has 0 unspecified atom stereocenters. The average Bonchev–Trinajstić information content (AvgIpc) is 3.46. The van der Waals surface area contributed by atoms with Gasteiger partial charge in [-0.3, -0.25) is 10.2 Å². The van der Waals surface area contributed by atoms with Gasteiger partial charge in [-0.2, -0.15) is 0 Å². The summed E-state index contributed by atoms with van der Waals surface area (Å²) in [5, 5.41) is 19.6. The van der Waals surface area contributed by atoms with Crippen LogP contribution in [0.4, 0.5) is 5.82 Å². The Kier molecular flexibility index (Phi) is 11.2. The summed E-state index contributed by atoms with van der Waals surface area (Å²) in [6, 6.07) is 9.64. The van der Waals surface area contributed by atoms with Gasteiger partial charge >= 0.3 is 0 Å². The van der Waals surface area contributed by atoms with Crippen LogP contribution >= 0.6 is 24.8 Å². The maximum Gasteiger partial charge on any atom is 0.289 e. The van der Waals surface area contributed by atoms with Crippen LogP contribution in [0, 0.1) is 12.3 Å². The molecule has 3 aromatic rings. The first kappa shape index (κ1) is 31.6. The Hall–Kier alpha value is -2.88. The first-order valence-corrected chi connectivity index (χ1v) is 13.7. The van der Waals surface area contributed by atoms with Crippen molar-refractivity contribution in [2.75, 3.05) is 19.0 Å². The third kappa shape index (κ3) is 7.25. The molecule has 0 radical (unpaired) electrons. The second kappa shape index (κ2) is 14.1. The highest BCUT2D eigenvalue weighted by Gasteiger charge is 2.35. The van der Waals surface area contributed by atoms with E-state index in [2.05, 4.69) is 27.0 Å². The molecule has 11 heteroatoms. The van der Waals surface area contributed by atoms with Crippen LogP contribution in [0.5, 0.6) is 0 Å². The molecule has 4 N–H and O–H groups in total. The number of hydrogen-bond donors (Lipinski definition) is 4. The maximum absolute atomic E-state index is 13.5. The standard InChI is InChI=1S/C29H38N6O3.2ClH/c1-19-12-13-21-20(17-19)26(33-23-10-5-4-9-22(23)31-25(30)24-11-8-16-38-24)34-27(32-21)28(36)35-29(18-37-2)14-6-3-7-15-29;;/h8,11-13,16-17,22-23H,3-7,9-10,14-15,18H2,1-2H3,(H2,30,31)(H,35,36)(H,32,33,34);2*1H/t22-,23+;;/m1../s1. The number of aryl methyl sites for hydroxylation is 1. The smallest absolute Gasteiger partial charge is 0.289 e. The summed E-state index contributed by atoms with van der Waals surface area (Å²) in [7, 11) is 1.68. The third-order valence-electron chi connectivity index (χ3n) is 7.85. The number of anilines is 1. The topological polar surface area (TPSA) is 125 Å². The number of rotatable bonds is 8. The number of methoxy groups -OCH3 is 1. The molecule has 40 heavy (non-hydrogen) atoms. The van der Waals surface area contributed by atoms with Crippen LogP contribution in [0.15, 0.2) is 41.0 Å². The third-order valence-corrected chi connectivity index (χ3v) is 7.85. The highest BCUT2D eigenvalue weighted by molar-refractivity contribution is 5.97. The molecule has 2 aliphatic rings. The van der Waals surface area contributed by atoms with Crippen molar-refractivity contribution in [3.05, 3.63) is 53.7 Å². The Balaban J connectivity index is 0.00000220. The summed E-state index contributed by atoms with van der Waals surface area (Å²) in [5.41, 5.74) is 1.44. The minimum Gasteiger partial charge on any atom is -0.461 e. The van der Waals surface area contributed by atoms with Crippen molar-refractivity contribution in [1.29, 1.82) is 5.41 Å². The van der Waals surface area contributed by atoms with Gasteiger partial charge in [0.15, 0.2) is 11.6 Å². The molecule has 218 valence electrons. The van der Waals surface area contributed by atoms with Gasteiger partial charge in [-0.05, 0) is 56.9 Å². The highest BCUT2D eigenvalue weighted by atomic mass is 35.5. The van der Waals surface area contributed by atoms with Crippen molar-refractivity contribution in [2.45, 2.75) is 82.3 Å². The summed E-state index contributed by atoms with van der Waals surface area (Å²) in [4.78, 5) is 23.0. The van der Waals surface area contributed by atoms with E-state index in [1.165, 1.54) is 6.42 Å². The zero-order valence-corrected chi connectivity index (χ0v) is 24.8. The number of furan rings is 1. The molecule has 0 bridgehead atoms. The molecule has 2 aliphatic carbocycles. The van der Waals surface area contributed by atoms with Gasteiger partial charge in [0.25, 0.3) is 5.91 Å². The van der Waals surface area contributed by atoms with E-state index in [1.807, 2.05) is 19.1 Å². The lowest BCUT2D eigenvalue weighted by molar-refractivity contribution is 0.0631. The number of halogens is 2. The van der Waals surface area contributed by atoms with Gasteiger partial charge < -0.3 is 25.1 Å². The molecular formula is C29H40Cl2N6O3. The molecule has 0 spiro atoms. The number of hydrogen-bond acceptors (Lipinski definition) is 7. The lowest BCUT2D eigenvalue weighted by Crippen LogP contribution is -2.53. The first-order chi connectivity index (χ1) is 18.5. The molecule has 2 heterocycles. The predicted molar refractivity (Wildman–Crippen MR) is 162 cm³/mol. The zero-order chi connectivity index (χ0) is 26.5. The van der Waals surface area contributed by atoms with Crippen molar-refractivity contribution in [2.24, 2.45) is 0 Å². The van der Waals surface area contributed by atoms with Crippen molar-refractivity contribution in [3.63, 3.8) is 0 Å². The SMILES string of the molecule is COCC1(NC(=O)c2nc(N[C@H]3CCCC[C@H]3NC(=N)c3ccco3)c3cc(C)ccc3n2)CCCCC1.Cl.Cl. The van der Waals surface area contributed by atoms with Crippen molar-refractivity contribution < 1.29 is 13.9 Å². The number of carbonyl (C=O) groups excluding carboxylic acids is 1. The van der Waals surface area contributed by atoms with E-state index in [1.54, 1.807) is 25.5 Å². The second-order valence-corrected chi connectivity index (χ2v) is 10.8. The number of amidine groups is 1. The molecule has 2 saturated carbocycles. The normalized spacial score (nSPS) is 20.1. The summed E-state index contributed by atoms with van der Waals surface area (Å²) < 4.78 is 10.9. The number of carbonyl (C=O) groups is 1. The summed E-state index contributed by atoms with van der Waals surface area (Å²) >= 11 is 0. The number of amides is 1. The average molecular weight is 592 g/mol. The van der Waals surface area contributed by atoms with Crippen LogP contribution in [-0.4, -0.2) is 53.1 Å². The molecule has 5 rings (SSSR count). The lowest BCUT2D eigenvalue weighted by atomic mass is 9.82. The Labute approximate surface area is 248 Å². The van der Waals surface area contributed by atoms with Crippen LogP contribution in [-0.2, 0) is 4.74 Å². The quantitative estimate of drug-likeness (QED) is 0.193. The number of nitrogens with zero attached hydrogens (tertiary/aromatic N) is 2. The molecule has 2 fully saturated rings. The van der Waals surface area contributed by atoms with Crippen molar-refractivity contribution >= 4 is 53.3 Å². The second-order valence-electron chi connectivity index (χ2n) is 10.8. The lowest BCUT2D eigenvalue weighted by Gasteiger charge is -2.37.